The molecule has 0 saturated heterocycles. The van der Waals surface area contributed by atoms with Crippen molar-refractivity contribution in [2.75, 3.05) is 12.8 Å². The van der Waals surface area contributed by atoms with Crippen LogP contribution in [-0.2, 0) is 22.1 Å². The fourth-order valence-corrected chi connectivity index (χ4v) is 3.36. The second-order valence-corrected chi connectivity index (χ2v) is 8.52. The van der Waals surface area contributed by atoms with Crippen LogP contribution in [0.4, 0.5) is 4.39 Å². The number of unbranched alkanes of at least 4 members (excludes halogenated alkanes) is 5. The van der Waals surface area contributed by atoms with Crippen LogP contribution >= 0.6 is 0 Å². The average Bonchev–Trinajstić information content (AvgIpc) is 2.53. The number of benzene rings is 1. The molecule has 0 spiro atoms. The fourth-order valence-electron chi connectivity index (χ4n) is 2.51. The zero-order valence-electron chi connectivity index (χ0n) is 15.2. The van der Waals surface area contributed by atoms with Crippen molar-refractivity contribution in [3.05, 3.63) is 35.1 Å². The van der Waals surface area contributed by atoms with Gasteiger partial charge in [0.1, 0.15) is 5.82 Å². The highest BCUT2D eigenvalue weighted by molar-refractivity contribution is 7.89. The zero-order valence-corrected chi connectivity index (χ0v) is 16.0. The highest BCUT2D eigenvalue weighted by Crippen LogP contribution is 2.15. The Bertz CT molecular complexity index is 660. The SMILES string of the molecule is CCCCCCCCNC(N)=NCc1cc(F)ccc1CS(C)(=O)=O. The highest BCUT2D eigenvalue weighted by atomic mass is 32.2. The monoisotopic (exact) mass is 371 g/mol. The van der Waals surface area contributed by atoms with Crippen LogP contribution in [0.2, 0.25) is 0 Å². The molecule has 5 nitrogen and oxygen atoms in total. The standard InChI is InChI=1S/C18H30FN3O2S/c1-3-4-5-6-7-8-11-21-18(20)22-13-16-12-17(19)10-9-15(16)14-25(2,23)24/h9-10,12H,3-8,11,13-14H2,1-2H3,(H3,20,21,22). The van der Waals surface area contributed by atoms with Gasteiger partial charge in [-0.05, 0) is 29.7 Å². The molecule has 1 aromatic rings. The molecule has 0 atom stereocenters. The van der Waals surface area contributed by atoms with Gasteiger partial charge in [0.25, 0.3) is 0 Å². The van der Waals surface area contributed by atoms with E-state index in [2.05, 4.69) is 17.2 Å². The summed E-state index contributed by atoms with van der Waals surface area (Å²) in [6, 6.07) is 4.06. The van der Waals surface area contributed by atoms with Crippen molar-refractivity contribution in [3.63, 3.8) is 0 Å². The van der Waals surface area contributed by atoms with Gasteiger partial charge in [0.15, 0.2) is 15.8 Å². The minimum Gasteiger partial charge on any atom is -0.370 e. The summed E-state index contributed by atoms with van der Waals surface area (Å²) in [5.41, 5.74) is 6.92. The van der Waals surface area contributed by atoms with E-state index in [-0.39, 0.29) is 12.3 Å². The molecular weight excluding hydrogens is 341 g/mol. The molecule has 0 amide bonds. The van der Waals surface area contributed by atoms with Crippen LogP contribution in [-0.4, -0.2) is 27.2 Å². The molecule has 3 N–H and O–H groups in total. The van der Waals surface area contributed by atoms with Gasteiger partial charge in [-0.15, -0.1) is 0 Å². The third kappa shape index (κ3) is 10.1. The van der Waals surface area contributed by atoms with Crippen molar-refractivity contribution < 1.29 is 12.8 Å². The first-order chi connectivity index (χ1) is 11.8. The number of nitrogens with one attached hydrogen (secondary N) is 1. The Hall–Kier alpha value is -1.63. The van der Waals surface area contributed by atoms with Crippen LogP contribution in [0.3, 0.4) is 0 Å². The molecule has 7 heteroatoms. The van der Waals surface area contributed by atoms with E-state index in [0.717, 1.165) is 25.6 Å². The van der Waals surface area contributed by atoms with Crippen LogP contribution < -0.4 is 11.1 Å². The molecule has 0 aliphatic rings. The van der Waals surface area contributed by atoms with E-state index in [9.17, 15) is 12.8 Å². The van der Waals surface area contributed by atoms with E-state index in [1.54, 1.807) is 0 Å². The van der Waals surface area contributed by atoms with Crippen LogP contribution in [0, 0.1) is 5.82 Å². The maximum Gasteiger partial charge on any atom is 0.188 e. The summed E-state index contributed by atoms with van der Waals surface area (Å²) in [6.07, 6.45) is 8.34. The molecule has 0 aliphatic carbocycles. The number of hydrogen-bond acceptors (Lipinski definition) is 3. The Morgan fingerprint density at radius 2 is 1.84 bits per heavy atom. The lowest BCUT2D eigenvalue weighted by molar-refractivity contribution is 0.600. The molecule has 0 fully saturated rings. The van der Waals surface area contributed by atoms with Gasteiger partial charge in [0.2, 0.25) is 0 Å². The molecule has 0 heterocycles. The van der Waals surface area contributed by atoms with Gasteiger partial charge in [-0.3, -0.25) is 0 Å². The minimum absolute atomic E-state index is 0.136. The van der Waals surface area contributed by atoms with Gasteiger partial charge in [-0.25, -0.2) is 17.8 Å². The van der Waals surface area contributed by atoms with Gasteiger partial charge < -0.3 is 11.1 Å². The summed E-state index contributed by atoms with van der Waals surface area (Å²) in [6.45, 7) is 3.09. The number of rotatable bonds is 11. The number of halogens is 1. The van der Waals surface area contributed by atoms with Crippen LogP contribution in [0.1, 0.15) is 56.6 Å². The van der Waals surface area contributed by atoms with Gasteiger partial charge in [0, 0.05) is 12.8 Å². The van der Waals surface area contributed by atoms with Gasteiger partial charge >= 0.3 is 0 Å². The first kappa shape index (κ1) is 21.4. The second-order valence-electron chi connectivity index (χ2n) is 6.38. The predicted octanol–water partition coefficient (Wildman–Crippen LogP) is 3.14. The number of hydrogen-bond donors (Lipinski definition) is 2. The zero-order chi connectivity index (χ0) is 18.7. The Morgan fingerprint density at radius 3 is 2.52 bits per heavy atom. The topological polar surface area (TPSA) is 84.5 Å². The Morgan fingerprint density at radius 1 is 1.16 bits per heavy atom. The van der Waals surface area contributed by atoms with Crippen molar-refractivity contribution in [1.29, 1.82) is 0 Å². The third-order valence-corrected chi connectivity index (χ3v) is 4.68. The summed E-state index contributed by atoms with van der Waals surface area (Å²) < 4.78 is 36.4. The quantitative estimate of drug-likeness (QED) is 0.355. The smallest absolute Gasteiger partial charge is 0.188 e. The fraction of sp³-hybridized carbons (Fsp3) is 0.611. The van der Waals surface area contributed by atoms with Crippen LogP contribution in [0.15, 0.2) is 23.2 Å². The Labute approximate surface area is 150 Å². The van der Waals surface area contributed by atoms with E-state index in [0.29, 0.717) is 17.1 Å². The van der Waals surface area contributed by atoms with E-state index in [1.165, 1.54) is 43.9 Å². The van der Waals surface area contributed by atoms with Gasteiger partial charge in [0.05, 0.1) is 12.3 Å². The third-order valence-electron chi connectivity index (χ3n) is 3.84. The van der Waals surface area contributed by atoms with E-state index in [1.807, 2.05) is 0 Å². The molecule has 0 bridgehead atoms. The van der Waals surface area contributed by atoms with E-state index in [4.69, 9.17) is 5.73 Å². The maximum absolute atomic E-state index is 13.4. The minimum atomic E-state index is -3.20. The van der Waals surface area contributed by atoms with Crippen molar-refractivity contribution in [1.82, 2.24) is 5.32 Å². The van der Waals surface area contributed by atoms with Crippen molar-refractivity contribution in [2.45, 2.75) is 57.7 Å². The summed E-state index contributed by atoms with van der Waals surface area (Å²) in [5.74, 6) is -0.257. The number of guanidine groups is 1. The van der Waals surface area contributed by atoms with E-state index >= 15 is 0 Å². The molecule has 0 radical (unpaired) electrons. The molecule has 142 valence electrons. The largest absolute Gasteiger partial charge is 0.370 e. The molecule has 0 aromatic heterocycles. The number of nitrogens with zero attached hydrogens (tertiary/aromatic N) is 1. The summed E-state index contributed by atoms with van der Waals surface area (Å²) >= 11 is 0. The summed E-state index contributed by atoms with van der Waals surface area (Å²) in [7, 11) is -3.20. The van der Waals surface area contributed by atoms with E-state index < -0.39 is 15.7 Å². The number of sulfone groups is 1. The Kier molecular flexibility index (Phi) is 9.49. The summed E-state index contributed by atoms with van der Waals surface area (Å²) in [4.78, 5) is 4.20. The molecule has 0 saturated carbocycles. The molecule has 25 heavy (non-hydrogen) atoms. The first-order valence-electron chi connectivity index (χ1n) is 8.80. The highest BCUT2D eigenvalue weighted by Gasteiger charge is 2.10. The van der Waals surface area contributed by atoms with Crippen molar-refractivity contribution in [3.8, 4) is 0 Å². The summed E-state index contributed by atoms with van der Waals surface area (Å²) in [5, 5.41) is 3.04. The maximum atomic E-state index is 13.4. The lowest BCUT2D eigenvalue weighted by Gasteiger charge is -2.09. The normalized spacial score (nSPS) is 12.4. The van der Waals surface area contributed by atoms with Gasteiger partial charge in [-0.1, -0.05) is 45.1 Å². The van der Waals surface area contributed by atoms with Crippen molar-refractivity contribution in [2.24, 2.45) is 10.7 Å². The van der Waals surface area contributed by atoms with Gasteiger partial charge in [-0.2, -0.15) is 0 Å². The second kappa shape index (κ2) is 11.1. The van der Waals surface area contributed by atoms with Crippen LogP contribution in [0.25, 0.3) is 0 Å². The average molecular weight is 372 g/mol. The lowest BCUT2D eigenvalue weighted by atomic mass is 10.1. The molecule has 1 rings (SSSR count). The Balaban J connectivity index is 2.49. The molecule has 1 aromatic carbocycles. The van der Waals surface area contributed by atoms with Crippen molar-refractivity contribution >= 4 is 15.8 Å². The molecule has 0 aliphatic heterocycles. The molecular formula is C18H30FN3O2S. The lowest BCUT2D eigenvalue weighted by Crippen LogP contribution is -2.32. The first-order valence-corrected chi connectivity index (χ1v) is 10.9. The van der Waals surface area contributed by atoms with Crippen LogP contribution in [0.5, 0.6) is 0 Å². The number of nitrogens with two attached hydrogens (primary N) is 1. The predicted molar refractivity (Wildman–Crippen MR) is 102 cm³/mol. The number of aliphatic imine (C=N–C) groups is 1. The molecule has 0 unspecified atom stereocenters.